The molecule has 374 valence electrons. The van der Waals surface area contributed by atoms with Crippen LogP contribution in [0.3, 0.4) is 0 Å². The Morgan fingerprint density at radius 2 is 1.11 bits per heavy atom. The monoisotopic (exact) mass is 970 g/mol. The van der Waals surface area contributed by atoms with Gasteiger partial charge in [-0.2, -0.15) is 0 Å². The Balaban J connectivity index is 4.95. The van der Waals surface area contributed by atoms with Gasteiger partial charge in [-0.15, -0.1) is 0 Å². The summed E-state index contributed by atoms with van der Waals surface area (Å²) in [6.45, 7) is 1.04. The summed E-state index contributed by atoms with van der Waals surface area (Å²) in [6.07, 6.45) is 41.4. The van der Waals surface area contributed by atoms with Gasteiger partial charge in [0.25, 0.3) is 0 Å². The summed E-state index contributed by atoms with van der Waals surface area (Å²) in [5.74, 6) is -1.47. The Hall–Kier alpha value is -3.60. The molecule has 0 spiro atoms. The highest BCUT2D eigenvalue weighted by Gasteiger charge is 2.28. The Labute approximate surface area is 392 Å². The van der Waals surface area contributed by atoms with E-state index in [0.717, 1.165) is 32.1 Å². The fourth-order valence-electron chi connectivity index (χ4n) is 5.14. The lowest BCUT2D eigenvalue weighted by Gasteiger charge is -2.21. The smallest absolute Gasteiger partial charge is 0.462 e. The van der Waals surface area contributed by atoms with E-state index >= 15 is 0 Å². The summed E-state index contributed by atoms with van der Waals surface area (Å²) < 4.78 is 47.5. The van der Waals surface area contributed by atoms with Gasteiger partial charge in [-0.3, -0.25) is 23.2 Å². The Morgan fingerprint density at radius 1 is 0.561 bits per heavy atom. The number of rotatable bonds is 40. The standard InChI is InChI=1S/C48H76O16P2/c1-3-5-7-8-9-10-11-12-13-14-15-16-17-18-19-20-21-26-30-36-47(53)60-40-44(41-63-66(58,59)62-39-43(50)38-61-65(55,56)57)64-48(54)37-31-35-46(52)45(51)34-29-25-23-22-24-28-33-42(49)32-27-6-4-2/h6,9-10,12-13,15-16,18-19,21-29,33-34,42-46,49-52H,3-5,7-8,11,14,17,20,30-32,35-41H2,1-2H3,(H,58,59)(H2,55,56,57)/b10-9-,13-12-,16-15-,19-18-,24-22+,25-23-,26-21-,27-6-,33-28+,34-29-/t42-,43-,44+,45+,46+/m0/s1. The summed E-state index contributed by atoms with van der Waals surface area (Å²) >= 11 is 0. The maximum atomic E-state index is 12.7. The molecule has 0 bridgehead atoms. The highest BCUT2D eigenvalue weighted by atomic mass is 31.2. The molecule has 18 heteroatoms. The minimum atomic E-state index is -4.93. The van der Waals surface area contributed by atoms with Crippen LogP contribution in [0.1, 0.15) is 110 Å². The highest BCUT2D eigenvalue weighted by molar-refractivity contribution is 7.47. The van der Waals surface area contributed by atoms with Crippen molar-refractivity contribution in [3.05, 3.63) is 122 Å². The van der Waals surface area contributed by atoms with Gasteiger partial charge in [0.15, 0.2) is 6.10 Å². The molecule has 0 aromatic heterocycles. The van der Waals surface area contributed by atoms with Crippen LogP contribution in [0.5, 0.6) is 0 Å². The Morgan fingerprint density at radius 3 is 1.70 bits per heavy atom. The number of aliphatic hydroxyl groups is 4. The number of allylic oxidation sites excluding steroid dienone is 17. The third-order valence-corrected chi connectivity index (χ3v) is 10.1. The van der Waals surface area contributed by atoms with Gasteiger partial charge in [0.1, 0.15) is 12.7 Å². The quantitative estimate of drug-likeness (QED) is 0.00997. The van der Waals surface area contributed by atoms with E-state index in [-0.39, 0.29) is 25.7 Å². The van der Waals surface area contributed by atoms with Crippen molar-refractivity contribution in [1.82, 2.24) is 0 Å². The molecule has 0 aliphatic heterocycles. The molecular formula is C48H76O16P2. The summed E-state index contributed by atoms with van der Waals surface area (Å²) in [4.78, 5) is 52.8. The van der Waals surface area contributed by atoms with E-state index in [2.05, 4.69) is 52.4 Å². The van der Waals surface area contributed by atoms with Crippen LogP contribution in [0.4, 0.5) is 0 Å². The minimum absolute atomic E-state index is 0.00458. The molecule has 0 aromatic rings. The van der Waals surface area contributed by atoms with Crippen molar-refractivity contribution >= 4 is 27.6 Å². The van der Waals surface area contributed by atoms with E-state index in [1.807, 2.05) is 43.4 Å². The summed E-state index contributed by atoms with van der Waals surface area (Å²) in [7, 11) is -9.85. The molecule has 0 saturated heterocycles. The Bertz CT molecular complexity index is 1670. The van der Waals surface area contributed by atoms with Crippen LogP contribution in [-0.2, 0) is 41.8 Å². The van der Waals surface area contributed by atoms with Gasteiger partial charge in [-0.05, 0) is 70.6 Å². The molecule has 0 saturated carbocycles. The van der Waals surface area contributed by atoms with E-state index in [1.165, 1.54) is 31.4 Å². The van der Waals surface area contributed by atoms with Gasteiger partial charge in [0, 0.05) is 12.8 Å². The molecule has 0 aromatic carbocycles. The first-order valence-electron chi connectivity index (χ1n) is 22.6. The second-order valence-electron chi connectivity index (χ2n) is 14.8. The van der Waals surface area contributed by atoms with Crippen LogP contribution in [0.15, 0.2) is 122 Å². The first-order valence-corrected chi connectivity index (χ1v) is 25.6. The van der Waals surface area contributed by atoms with Crippen molar-refractivity contribution in [2.24, 2.45) is 0 Å². The number of carbonyl (C=O) groups is 2. The number of phosphoric acid groups is 2. The molecule has 0 amide bonds. The second kappa shape index (κ2) is 41.6. The van der Waals surface area contributed by atoms with Gasteiger partial charge in [-0.25, -0.2) is 9.13 Å². The average Bonchev–Trinajstić information content (AvgIpc) is 3.27. The highest BCUT2D eigenvalue weighted by Crippen LogP contribution is 2.43. The second-order valence-corrected chi connectivity index (χ2v) is 17.5. The van der Waals surface area contributed by atoms with Crippen LogP contribution >= 0.6 is 15.6 Å². The first kappa shape index (κ1) is 62.4. The predicted molar refractivity (Wildman–Crippen MR) is 257 cm³/mol. The molecule has 66 heavy (non-hydrogen) atoms. The van der Waals surface area contributed by atoms with Crippen molar-refractivity contribution in [2.45, 2.75) is 141 Å². The third kappa shape index (κ3) is 43.0. The molecule has 0 aliphatic carbocycles. The van der Waals surface area contributed by atoms with Crippen LogP contribution in [0.2, 0.25) is 0 Å². The molecule has 6 atom stereocenters. The lowest BCUT2D eigenvalue weighted by Crippen LogP contribution is -2.30. The van der Waals surface area contributed by atoms with Gasteiger partial charge in [0.05, 0.1) is 38.1 Å². The number of hydrogen-bond acceptors (Lipinski definition) is 13. The SMILES string of the molecule is CC/C=C\C[C@H](O)/C=C/C=C/C=C\C=C/[C@@H](O)[C@H](O)CCCC(=O)O[C@H](COC(=O)CC/C=C\C/C=C\C/C=C\C/C=C\C/C=C\CCCCC)COP(=O)(O)OC[C@@H](O)COP(=O)(O)O. The molecule has 0 rings (SSSR count). The fourth-order valence-corrected chi connectivity index (χ4v) is 6.30. The molecule has 0 aliphatic rings. The molecular weight excluding hydrogens is 894 g/mol. The number of hydrogen-bond donors (Lipinski definition) is 7. The fraction of sp³-hybridized carbons (Fsp3) is 0.542. The molecule has 7 N–H and O–H groups in total. The summed E-state index contributed by atoms with van der Waals surface area (Å²) in [6, 6.07) is 0. The third-order valence-electron chi connectivity index (χ3n) is 8.68. The first-order chi connectivity index (χ1) is 31.6. The van der Waals surface area contributed by atoms with Crippen molar-refractivity contribution < 1.29 is 76.9 Å². The number of aliphatic hydroxyl groups excluding tert-OH is 4. The minimum Gasteiger partial charge on any atom is -0.462 e. The van der Waals surface area contributed by atoms with Crippen molar-refractivity contribution in [3.8, 4) is 0 Å². The molecule has 0 radical (unpaired) electrons. The normalized spacial score (nSPS) is 16.4. The van der Waals surface area contributed by atoms with E-state index in [4.69, 9.17) is 23.8 Å². The van der Waals surface area contributed by atoms with Crippen LogP contribution < -0.4 is 0 Å². The zero-order chi connectivity index (χ0) is 49.2. The zero-order valence-corrected chi connectivity index (χ0v) is 40.4. The Kier molecular flexibility index (Phi) is 39.3. The van der Waals surface area contributed by atoms with E-state index in [9.17, 15) is 44.0 Å². The molecule has 0 fully saturated rings. The lowest BCUT2D eigenvalue weighted by molar-refractivity contribution is -0.161. The number of unbranched alkanes of at least 4 members (excludes halogenated alkanes) is 3. The van der Waals surface area contributed by atoms with Crippen LogP contribution in [0.25, 0.3) is 0 Å². The number of esters is 2. The van der Waals surface area contributed by atoms with E-state index in [0.29, 0.717) is 19.3 Å². The van der Waals surface area contributed by atoms with Gasteiger partial charge >= 0.3 is 27.6 Å². The summed E-state index contributed by atoms with van der Waals surface area (Å²) in [5, 5.41) is 40.3. The topological polar surface area (TPSA) is 256 Å². The van der Waals surface area contributed by atoms with Gasteiger partial charge < -0.3 is 44.6 Å². The largest absolute Gasteiger partial charge is 0.472 e. The van der Waals surface area contributed by atoms with E-state index in [1.54, 1.807) is 36.5 Å². The number of phosphoric ester groups is 2. The van der Waals surface area contributed by atoms with Crippen molar-refractivity contribution in [1.29, 1.82) is 0 Å². The van der Waals surface area contributed by atoms with Crippen LogP contribution in [0, 0.1) is 0 Å². The maximum Gasteiger partial charge on any atom is 0.472 e. The average molecular weight is 971 g/mol. The summed E-state index contributed by atoms with van der Waals surface area (Å²) in [5.41, 5.74) is 0. The van der Waals surface area contributed by atoms with Crippen molar-refractivity contribution in [2.75, 3.05) is 26.4 Å². The predicted octanol–water partition coefficient (Wildman–Crippen LogP) is 8.58. The number of carbonyl (C=O) groups excluding carboxylic acids is 2. The van der Waals surface area contributed by atoms with Gasteiger partial charge in [-0.1, -0.05) is 148 Å². The molecule has 1 unspecified atom stereocenters. The van der Waals surface area contributed by atoms with Crippen molar-refractivity contribution in [3.63, 3.8) is 0 Å². The lowest BCUT2D eigenvalue weighted by atomic mass is 10.1. The van der Waals surface area contributed by atoms with E-state index < -0.39 is 84.5 Å². The molecule has 0 heterocycles. The van der Waals surface area contributed by atoms with Crippen LogP contribution in [-0.4, -0.2) is 104 Å². The zero-order valence-electron chi connectivity index (χ0n) is 38.6. The van der Waals surface area contributed by atoms with Gasteiger partial charge in [0.2, 0.25) is 0 Å². The number of ether oxygens (including phenoxy) is 2. The maximum absolute atomic E-state index is 12.7. The molecule has 16 nitrogen and oxygen atoms in total.